The molecule has 0 spiro atoms. The van der Waals surface area contributed by atoms with Crippen molar-refractivity contribution in [2.24, 2.45) is 5.92 Å². The second-order valence-electron chi connectivity index (χ2n) is 2.73. The smallest absolute Gasteiger partial charge is 0.137 e. The molecule has 1 unspecified atom stereocenters. The summed E-state index contributed by atoms with van der Waals surface area (Å²) < 4.78 is 0. The number of hydrogen-bond acceptors (Lipinski definition) is 2. The summed E-state index contributed by atoms with van der Waals surface area (Å²) in [6.45, 7) is 0. The molecule has 1 saturated heterocycles. The van der Waals surface area contributed by atoms with Crippen LogP contribution in [0.5, 0.6) is 0 Å². The van der Waals surface area contributed by atoms with E-state index in [2.05, 4.69) is 5.92 Å². The Balaban J connectivity index is 2.24. The first-order chi connectivity index (χ1) is 5.34. The van der Waals surface area contributed by atoms with E-state index >= 15 is 0 Å². The second kappa shape index (κ2) is 4.46. The first-order valence-electron chi connectivity index (χ1n) is 3.88. The first kappa shape index (κ1) is 8.67. The van der Waals surface area contributed by atoms with Gasteiger partial charge in [0.05, 0.1) is 0 Å². The molecule has 0 aliphatic carbocycles. The minimum atomic E-state index is 0.313. The second-order valence-corrected chi connectivity index (χ2v) is 3.88. The van der Waals surface area contributed by atoms with Gasteiger partial charge in [0.1, 0.15) is 5.78 Å². The molecule has 0 aromatic heterocycles. The van der Waals surface area contributed by atoms with Crippen LogP contribution in [-0.4, -0.2) is 17.3 Å². The molecular weight excluding hydrogens is 156 g/mol. The highest BCUT2D eigenvalue weighted by Gasteiger charge is 2.21. The summed E-state index contributed by atoms with van der Waals surface area (Å²) in [5.74, 6) is 5.34. The van der Waals surface area contributed by atoms with E-state index in [1.54, 1.807) is 0 Å². The van der Waals surface area contributed by atoms with Crippen LogP contribution in [0.25, 0.3) is 0 Å². The third kappa shape index (κ3) is 2.59. The summed E-state index contributed by atoms with van der Waals surface area (Å²) in [7, 11) is 0. The predicted molar refractivity (Wildman–Crippen MR) is 48.5 cm³/mol. The first-order valence-corrected chi connectivity index (χ1v) is 5.04. The van der Waals surface area contributed by atoms with Crippen molar-refractivity contribution in [2.45, 2.75) is 19.3 Å². The summed E-state index contributed by atoms with van der Waals surface area (Å²) in [6.07, 6.45) is 7.33. The lowest BCUT2D eigenvalue weighted by molar-refractivity contribution is -0.122. The van der Waals surface area contributed by atoms with Crippen LogP contribution < -0.4 is 0 Å². The molecule has 0 amide bonds. The summed E-state index contributed by atoms with van der Waals surface area (Å²) in [5.41, 5.74) is 0. The number of carbonyl (C=O) groups excluding carboxylic acids is 1. The topological polar surface area (TPSA) is 17.1 Å². The highest BCUT2D eigenvalue weighted by atomic mass is 32.2. The van der Waals surface area contributed by atoms with E-state index in [9.17, 15) is 4.79 Å². The van der Waals surface area contributed by atoms with Gasteiger partial charge in [0, 0.05) is 24.5 Å². The Morgan fingerprint density at radius 1 is 1.73 bits per heavy atom. The number of thioether (sulfide) groups is 1. The molecule has 11 heavy (non-hydrogen) atoms. The molecule has 0 N–H and O–H groups in total. The summed E-state index contributed by atoms with van der Waals surface area (Å²) in [4.78, 5) is 11.3. The Morgan fingerprint density at radius 3 is 3.09 bits per heavy atom. The zero-order valence-electron chi connectivity index (χ0n) is 6.51. The molecule has 0 aromatic carbocycles. The van der Waals surface area contributed by atoms with Crippen molar-refractivity contribution in [3.05, 3.63) is 0 Å². The molecule has 2 heteroatoms. The molecule has 0 saturated carbocycles. The quantitative estimate of drug-likeness (QED) is 0.597. The highest BCUT2D eigenvalue weighted by Crippen LogP contribution is 2.25. The molecular formula is C9H12OS. The van der Waals surface area contributed by atoms with Gasteiger partial charge in [0.2, 0.25) is 0 Å². The predicted octanol–water partition coefficient (Wildman–Crippen LogP) is 1.72. The number of ketones is 1. The Bertz CT molecular complexity index is 174. The van der Waals surface area contributed by atoms with Gasteiger partial charge in [-0.25, -0.2) is 0 Å². The maximum Gasteiger partial charge on any atom is 0.137 e. The molecule has 1 nitrogen and oxygen atoms in total. The Hall–Kier alpha value is -0.420. The van der Waals surface area contributed by atoms with Gasteiger partial charge in [-0.3, -0.25) is 4.79 Å². The molecule has 1 heterocycles. The average Bonchev–Trinajstić information content (AvgIpc) is 2.52. The van der Waals surface area contributed by atoms with Gasteiger partial charge in [-0.05, 0) is 12.2 Å². The minimum absolute atomic E-state index is 0.313. The van der Waals surface area contributed by atoms with Crippen molar-refractivity contribution in [2.75, 3.05) is 11.5 Å². The lowest BCUT2D eigenvalue weighted by atomic mass is 10.0. The van der Waals surface area contributed by atoms with E-state index in [0.717, 1.165) is 17.9 Å². The van der Waals surface area contributed by atoms with E-state index in [1.165, 1.54) is 0 Å². The molecule has 0 aromatic rings. The molecule has 60 valence electrons. The van der Waals surface area contributed by atoms with Crippen molar-refractivity contribution < 1.29 is 4.79 Å². The van der Waals surface area contributed by atoms with Crippen LogP contribution in [0.4, 0.5) is 0 Å². The summed E-state index contributed by atoms with van der Waals surface area (Å²) in [6, 6.07) is 0. The van der Waals surface area contributed by atoms with Crippen LogP contribution in [0.1, 0.15) is 19.3 Å². The fraction of sp³-hybridized carbons (Fsp3) is 0.667. The molecule has 1 fully saturated rings. The minimum Gasteiger partial charge on any atom is -0.299 e. The maximum absolute atomic E-state index is 11.3. The average molecular weight is 168 g/mol. The maximum atomic E-state index is 11.3. The fourth-order valence-electron chi connectivity index (χ4n) is 1.19. The van der Waals surface area contributed by atoms with E-state index in [1.807, 2.05) is 11.8 Å². The molecule has 1 atom stereocenters. The third-order valence-corrected chi connectivity index (χ3v) is 3.06. The van der Waals surface area contributed by atoms with E-state index in [4.69, 9.17) is 6.42 Å². The van der Waals surface area contributed by atoms with Crippen molar-refractivity contribution in [3.63, 3.8) is 0 Å². The van der Waals surface area contributed by atoms with Crippen LogP contribution in [0.15, 0.2) is 0 Å². The van der Waals surface area contributed by atoms with Gasteiger partial charge < -0.3 is 0 Å². The van der Waals surface area contributed by atoms with Crippen molar-refractivity contribution in [3.8, 4) is 12.3 Å². The van der Waals surface area contributed by atoms with E-state index in [-0.39, 0.29) is 0 Å². The van der Waals surface area contributed by atoms with Gasteiger partial charge in [-0.15, -0.1) is 12.3 Å². The molecule has 0 radical (unpaired) electrons. The van der Waals surface area contributed by atoms with Crippen molar-refractivity contribution in [1.29, 1.82) is 0 Å². The zero-order chi connectivity index (χ0) is 8.10. The van der Waals surface area contributed by atoms with Crippen LogP contribution in [0.2, 0.25) is 0 Å². The molecule has 1 rings (SSSR count). The van der Waals surface area contributed by atoms with Gasteiger partial charge >= 0.3 is 0 Å². The number of rotatable bonds is 3. The number of Topliss-reactive ketones (excluding diaryl/α,β-unsaturated/α-hetero) is 1. The number of terminal acetylenes is 1. The largest absolute Gasteiger partial charge is 0.299 e. The Kier molecular flexibility index (Phi) is 3.51. The zero-order valence-corrected chi connectivity index (χ0v) is 7.32. The number of hydrogen-bond donors (Lipinski definition) is 0. The monoisotopic (exact) mass is 168 g/mol. The van der Waals surface area contributed by atoms with E-state index < -0.39 is 0 Å². The highest BCUT2D eigenvalue weighted by molar-refractivity contribution is 7.99. The Morgan fingerprint density at radius 2 is 2.55 bits per heavy atom. The SMILES string of the molecule is C#CCCC(=O)C1CCSC1. The Labute approximate surface area is 71.9 Å². The van der Waals surface area contributed by atoms with Crippen molar-refractivity contribution in [1.82, 2.24) is 0 Å². The molecule has 1 aliphatic heterocycles. The summed E-state index contributed by atoms with van der Waals surface area (Å²) in [5, 5.41) is 0. The van der Waals surface area contributed by atoms with Gasteiger partial charge in [-0.2, -0.15) is 11.8 Å². The lowest BCUT2D eigenvalue weighted by Gasteiger charge is -2.03. The van der Waals surface area contributed by atoms with Gasteiger partial charge in [0.15, 0.2) is 0 Å². The van der Waals surface area contributed by atoms with Crippen LogP contribution >= 0.6 is 11.8 Å². The standard InChI is InChI=1S/C9H12OS/c1-2-3-4-9(10)8-5-6-11-7-8/h1,8H,3-7H2. The third-order valence-electron chi connectivity index (χ3n) is 1.90. The lowest BCUT2D eigenvalue weighted by Crippen LogP contribution is -2.12. The fourth-order valence-corrected chi connectivity index (χ4v) is 2.44. The molecule has 1 aliphatic rings. The van der Waals surface area contributed by atoms with Crippen LogP contribution in [0, 0.1) is 18.3 Å². The van der Waals surface area contributed by atoms with E-state index in [0.29, 0.717) is 24.5 Å². The van der Waals surface area contributed by atoms with Crippen molar-refractivity contribution >= 4 is 17.5 Å². The van der Waals surface area contributed by atoms with Crippen LogP contribution in [-0.2, 0) is 4.79 Å². The molecule has 0 bridgehead atoms. The summed E-state index contributed by atoms with van der Waals surface area (Å²) >= 11 is 1.87. The normalized spacial score (nSPS) is 23.0. The van der Waals surface area contributed by atoms with Crippen LogP contribution in [0.3, 0.4) is 0 Å². The van der Waals surface area contributed by atoms with Gasteiger partial charge in [0.25, 0.3) is 0 Å². The van der Waals surface area contributed by atoms with Gasteiger partial charge in [-0.1, -0.05) is 0 Å². The number of carbonyl (C=O) groups is 1.